The van der Waals surface area contributed by atoms with Crippen LogP contribution in [0.15, 0.2) is 18.2 Å². The molecular formula is C9H12O3. The van der Waals surface area contributed by atoms with E-state index in [1.807, 2.05) is 32.0 Å². The maximum absolute atomic E-state index is 4.84. The molecule has 12 heavy (non-hydrogen) atoms. The molecule has 3 nitrogen and oxygen atoms in total. The van der Waals surface area contributed by atoms with E-state index >= 15 is 0 Å². The van der Waals surface area contributed by atoms with Crippen LogP contribution in [0, 0.1) is 13.8 Å². The average molecular weight is 168 g/mol. The molecule has 1 aromatic carbocycles. The summed E-state index contributed by atoms with van der Waals surface area (Å²) in [4.78, 5) is 9.16. The molecule has 0 amide bonds. The van der Waals surface area contributed by atoms with Crippen LogP contribution >= 0.6 is 0 Å². The van der Waals surface area contributed by atoms with E-state index < -0.39 is 0 Å². The van der Waals surface area contributed by atoms with Gasteiger partial charge in [-0.1, -0.05) is 12.1 Å². The Hall–Kier alpha value is -1.06. The zero-order chi connectivity index (χ0) is 8.97. The van der Waals surface area contributed by atoms with E-state index in [1.165, 1.54) is 7.11 Å². The van der Waals surface area contributed by atoms with Crippen LogP contribution in [0.25, 0.3) is 0 Å². The van der Waals surface area contributed by atoms with E-state index in [0.29, 0.717) is 5.75 Å². The number of hydrogen-bond acceptors (Lipinski definition) is 3. The van der Waals surface area contributed by atoms with Crippen molar-refractivity contribution in [1.82, 2.24) is 0 Å². The lowest BCUT2D eigenvalue weighted by Crippen LogP contribution is -1.97. The van der Waals surface area contributed by atoms with Crippen molar-refractivity contribution in [3.05, 3.63) is 29.3 Å². The molecular weight excluding hydrogens is 156 g/mol. The van der Waals surface area contributed by atoms with Gasteiger partial charge in [0.2, 0.25) is 0 Å². The highest BCUT2D eigenvalue weighted by atomic mass is 17.5. The topological polar surface area (TPSA) is 27.7 Å². The second-order valence-electron chi connectivity index (χ2n) is 2.52. The fourth-order valence-corrected chi connectivity index (χ4v) is 0.885. The van der Waals surface area contributed by atoms with Crippen LogP contribution in [0.4, 0.5) is 0 Å². The van der Waals surface area contributed by atoms with Crippen LogP contribution in [0.2, 0.25) is 0 Å². The lowest BCUT2D eigenvalue weighted by molar-refractivity contribution is -0.453. The van der Waals surface area contributed by atoms with Gasteiger partial charge in [-0.3, -0.25) is 0 Å². The molecule has 0 heterocycles. The van der Waals surface area contributed by atoms with Crippen molar-refractivity contribution in [1.29, 1.82) is 0 Å². The zero-order valence-electron chi connectivity index (χ0n) is 7.46. The van der Waals surface area contributed by atoms with Crippen molar-refractivity contribution in [2.24, 2.45) is 0 Å². The first-order valence-corrected chi connectivity index (χ1v) is 3.69. The minimum atomic E-state index is 0.678. The SMILES string of the molecule is COOOc1cccc(C)c1C. The summed E-state index contributed by atoms with van der Waals surface area (Å²) in [6, 6.07) is 5.73. The van der Waals surface area contributed by atoms with E-state index in [0.717, 1.165) is 11.1 Å². The second kappa shape index (κ2) is 4.09. The molecule has 0 bridgehead atoms. The van der Waals surface area contributed by atoms with Crippen molar-refractivity contribution in [3.8, 4) is 5.75 Å². The van der Waals surface area contributed by atoms with Gasteiger partial charge in [-0.05, 0) is 36.1 Å². The maximum atomic E-state index is 4.84. The quantitative estimate of drug-likeness (QED) is 0.511. The molecule has 1 aromatic rings. The lowest BCUT2D eigenvalue weighted by Gasteiger charge is -2.06. The molecule has 0 saturated heterocycles. The van der Waals surface area contributed by atoms with Gasteiger partial charge in [0.05, 0.1) is 7.11 Å². The molecule has 0 N–H and O–H groups in total. The summed E-state index contributed by atoms with van der Waals surface area (Å²) in [5, 5.41) is 4.36. The molecule has 0 atom stereocenters. The fraction of sp³-hybridized carbons (Fsp3) is 0.333. The van der Waals surface area contributed by atoms with Crippen molar-refractivity contribution in [2.45, 2.75) is 13.8 Å². The standard InChI is InChI=1S/C9H12O3/c1-7-5-4-6-9(8(7)2)11-12-10-3/h4-6H,1-3H3. The normalized spacial score (nSPS) is 9.92. The number of aryl methyl sites for hydroxylation is 1. The predicted molar refractivity (Wildman–Crippen MR) is 44.6 cm³/mol. The Labute approximate surface area is 71.7 Å². The Bertz CT molecular complexity index is 258. The Morgan fingerprint density at radius 2 is 1.92 bits per heavy atom. The highest BCUT2D eigenvalue weighted by molar-refractivity contribution is 5.37. The van der Waals surface area contributed by atoms with Crippen molar-refractivity contribution in [2.75, 3.05) is 7.11 Å². The first-order chi connectivity index (χ1) is 5.75. The minimum absolute atomic E-state index is 0.678. The predicted octanol–water partition coefficient (Wildman–Crippen LogP) is 2.18. The van der Waals surface area contributed by atoms with E-state index in [2.05, 4.69) is 9.93 Å². The number of benzene rings is 1. The van der Waals surface area contributed by atoms with E-state index in [9.17, 15) is 0 Å². The van der Waals surface area contributed by atoms with E-state index in [4.69, 9.17) is 4.89 Å². The van der Waals surface area contributed by atoms with Gasteiger partial charge in [-0.15, -0.1) is 0 Å². The molecule has 0 aliphatic heterocycles. The van der Waals surface area contributed by atoms with E-state index in [-0.39, 0.29) is 0 Å². The summed E-state index contributed by atoms with van der Waals surface area (Å²) in [5.41, 5.74) is 2.21. The van der Waals surface area contributed by atoms with Gasteiger partial charge in [-0.25, -0.2) is 0 Å². The molecule has 0 spiro atoms. The molecule has 0 radical (unpaired) electrons. The lowest BCUT2D eigenvalue weighted by atomic mass is 10.1. The van der Waals surface area contributed by atoms with Crippen molar-refractivity contribution in [3.63, 3.8) is 0 Å². The minimum Gasteiger partial charge on any atom is -0.308 e. The third-order valence-electron chi connectivity index (χ3n) is 1.75. The highest BCUT2D eigenvalue weighted by Crippen LogP contribution is 2.20. The molecule has 0 saturated carbocycles. The van der Waals surface area contributed by atoms with Crippen LogP contribution in [-0.4, -0.2) is 7.11 Å². The van der Waals surface area contributed by atoms with Gasteiger partial charge < -0.3 is 4.89 Å². The number of hydrogen-bond donors (Lipinski definition) is 0. The summed E-state index contributed by atoms with van der Waals surface area (Å²) in [7, 11) is 1.39. The monoisotopic (exact) mass is 168 g/mol. The fourth-order valence-electron chi connectivity index (χ4n) is 0.885. The first kappa shape index (κ1) is 9.03. The molecule has 0 aliphatic carbocycles. The second-order valence-corrected chi connectivity index (χ2v) is 2.52. The molecule has 0 aromatic heterocycles. The molecule has 1 rings (SSSR count). The Morgan fingerprint density at radius 1 is 1.17 bits per heavy atom. The molecule has 3 heteroatoms. The average Bonchev–Trinajstić information content (AvgIpc) is 2.08. The summed E-state index contributed by atoms with van der Waals surface area (Å²) in [6.07, 6.45) is 0. The van der Waals surface area contributed by atoms with Gasteiger partial charge in [0, 0.05) is 0 Å². The third kappa shape index (κ3) is 1.96. The van der Waals surface area contributed by atoms with Crippen LogP contribution in [0.1, 0.15) is 11.1 Å². The molecule has 66 valence electrons. The van der Waals surface area contributed by atoms with Gasteiger partial charge in [0.15, 0.2) is 5.75 Å². The summed E-state index contributed by atoms with van der Waals surface area (Å²) < 4.78 is 0. The Kier molecular flexibility index (Phi) is 3.08. The highest BCUT2D eigenvalue weighted by Gasteiger charge is 2.01. The van der Waals surface area contributed by atoms with Crippen molar-refractivity contribution < 1.29 is 14.8 Å². The molecule has 0 unspecified atom stereocenters. The van der Waals surface area contributed by atoms with Gasteiger partial charge in [-0.2, -0.15) is 4.89 Å². The van der Waals surface area contributed by atoms with Crippen LogP contribution in [0.3, 0.4) is 0 Å². The summed E-state index contributed by atoms with van der Waals surface area (Å²) >= 11 is 0. The molecule has 0 fully saturated rings. The maximum Gasteiger partial charge on any atom is 0.171 e. The van der Waals surface area contributed by atoms with Gasteiger partial charge in [0.25, 0.3) is 0 Å². The van der Waals surface area contributed by atoms with Crippen LogP contribution in [-0.2, 0) is 9.93 Å². The van der Waals surface area contributed by atoms with Gasteiger partial charge >= 0.3 is 0 Å². The Morgan fingerprint density at radius 3 is 2.58 bits per heavy atom. The first-order valence-electron chi connectivity index (χ1n) is 3.69. The van der Waals surface area contributed by atoms with Gasteiger partial charge in [0.1, 0.15) is 0 Å². The molecule has 0 aliphatic rings. The Balaban J connectivity index is 2.78. The smallest absolute Gasteiger partial charge is 0.171 e. The van der Waals surface area contributed by atoms with Crippen LogP contribution < -0.4 is 4.89 Å². The van der Waals surface area contributed by atoms with E-state index in [1.54, 1.807) is 0 Å². The summed E-state index contributed by atoms with van der Waals surface area (Å²) in [6.45, 7) is 3.97. The number of rotatable bonds is 3. The zero-order valence-corrected chi connectivity index (χ0v) is 7.46. The van der Waals surface area contributed by atoms with Crippen LogP contribution in [0.5, 0.6) is 5.75 Å². The third-order valence-corrected chi connectivity index (χ3v) is 1.75. The van der Waals surface area contributed by atoms with Crippen molar-refractivity contribution >= 4 is 0 Å². The summed E-state index contributed by atoms with van der Waals surface area (Å²) in [5.74, 6) is 0.678. The largest absolute Gasteiger partial charge is 0.308 e.